The van der Waals surface area contributed by atoms with Crippen LogP contribution < -0.4 is 10.6 Å². The van der Waals surface area contributed by atoms with Crippen LogP contribution >= 0.6 is 35.0 Å². The minimum absolute atomic E-state index is 0.0704. The molecule has 0 saturated carbocycles. The third kappa shape index (κ3) is 6.24. The number of rotatable bonds is 7. The zero-order chi connectivity index (χ0) is 22.4. The van der Waals surface area contributed by atoms with Gasteiger partial charge in [0.2, 0.25) is 5.91 Å². The Kier molecular flexibility index (Phi) is 7.57. The molecule has 2 amide bonds. The summed E-state index contributed by atoms with van der Waals surface area (Å²) in [6.07, 6.45) is 0. The van der Waals surface area contributed by atoms with E-state index in [-0.39, 0.29) is 22.8 Å². The molecule has 3 N–H and O–H groups in total. The van der Waals surface area contributed by atoms with Crippen molar-refractivity contribution < 1.29 is 19.5 Å². The molecular formula is C22H16Cl2N2O4S. The maximum absolute atomic E-state index is 12.4. The molecule has 6 nitrogen and oxygen atoms in total. The first kappa shape index (κ1) is 22.7. The van der Waals surface area contributed by atoms with Crippen molar-refractivity contribution in [2.75, 3.05) is 16.4 Å². The molecule has 0 aliphatic heterocycles. The van der Waals surface area contributed by atoms with Crippen LogP contribution in [0.1, 0.15) is 20.7 Å². The Labute approximate surface area is 192 Å². The van der Waals surface area contributed by atoms with Crippen molar-refractivity contribution in [2.24, 2.45) is 0 Å². The second kappa shape index (κ2) is 10.3. The van der Waals surface area contributed by atoms with Crippen LogP contribution in [0.4, 0.5) is 11.4 Å². The number of benzene rings is 3. The Balaban J connectivity index is 1.56. The van der Waals surface area contributed by atoms with Crippen LogP contribution in [0.3, 0.4) is 0 Å². The largest absolute Gasteiger partial charge is 0.478 e. The molecule has 0 aliphatic carbocycles. The fraction of sp³-hybridized carbons (Fsp3) is 0.0455. The van der Waals surface area contributed by atoms with Gasteiger partial charge in [0.15, 0.2) is 0 Å². The van der Waals surface area contributed by atoms with Gasteiger partial charge < -0.3 is 15.7 Å². The molecule has 0 spiro atoms. The zero-order valence-corrected chi connectivity index (χ0v) is 18.2. The highest BCUT2D eigenvalue weighted by Gasteiger charge is 2.16. The summed E-state index contributed by atoms with van der Waals surface area (Å²) < 4.78 is 0. The Morgan fingerprint density at radius 1 is 0.871 bits per heavy atom. The molecule has 0 bridgehead atoms. The summed E-state index contributed by atoms with van der Waals surface area (Å²) in [5.74, 6) is -1.75. The van der Waals surface area contributed by atoms with E-state index < -0.39 is 11.9 Å². The van der Waals surface area contributed by atoms with Gasteiger partial charge in [-0.05, 0) is 54.6 Å². The summed E-state index contributed by atoms with van der Waals surface area (Å²) >= 11 is 13.2. The summed E-state index contributed by atoms with van der Waals surface area (Å²) in [6.45, 7) is 0. The number of carboxylic acid groups (broad SMARTS) is 1. The predicted molar refractivity (Wildman–Crippen MR) is 124 cm³/mol. The van der Waals surface area contributed by atoms with E-state index in [1.165, 1.54) is 23.9 Å². The Morgan fingerprint density at radius 3 is 2.19 bits per heavy atom. The third-order valence-corrected chi connectivity index (χ3v) is 5.65. The molecule has 0 radical (unpaired) electrons. The van der Waals surface area contributed by atoms with Gasteiger partial charge in [-0.3, -0.25) is 9.59 Å². The quantitative estimate of drug-likeness (QED) is 0.383. The Morgan fingerprint density at radius 2 is 1.55 bits per heavy atom. The zero-order valence-electron chi connectivity index (χ0n) is 15.9. The van der Waals surface area contributed by atoms with Crippen LogP contribution in [0, 0.1) is 0 Å². The molecule has 158 valence electrons. The molecule has 0 fully saturated rings. The average Bonchev–Trinajstić information content (AvgIpc) is 2.75. The van der Waals surface area contributed by atoms with Crippen LogP contribution in [0.15, 0.2) is 71.6 Å². The Bertz CT molecular complexity index is 1140. The van der Waals surface area contributed by atoms with Crippen LogP contribution in [0.2, 0.25) is 10.0 Å². The number of halogens is 2. The monoisotopic (exact) mass is 474 g/mol. The summed E-state index contributed by atoms with van der Waals surface area (Å²) in [5, 5.41) is 15.4. The molecule has 0 saturated heterocycles. The summed E-state index contributed by atoms with van der Waals surface area (Å²) in [4.78, 5) is 36.7. The summed E-state index contributed by atoms with van der Waals surface area (Å²) in [5.41, 5.74) is 0.994. The van der Waals surface area contributed by atoms with Gasteiger partial charge in [-0.25, -0.2) is 4.79 Å². The first-order valence-electron chi connectivity index (χ1n) is 8.95. The van der Waals surface area contributed by atoms with Gasteiger partial charge in [-0.15, -0.1) is 11.8 Å². The van der Waals surface area contributed by atoms with E-state index in [9.17, 15) is 19.5 Å². The lowest BCUT2D eigenvalue weighted by Gasteiger charge is -2.09. The summed E-state index contributed by atoms with van der Waals surface area (Å²) in [6, 6.07) is 17.7. The fourth-order valence-corrected chi connectivity index (χ4v) is 3.78. The van der Waals surface area contributed by atoms with Crippen LogP contribution in [0.25, 0.3) is 0 Å². The first-order chi connectivity index (χ1) is 14.8. The number of anilines is 2. The highest BCUT2D eigenvalue weighted by Crippen LogP contribution is 2.26. The average molecular weight is 475 g/mol. The van der Waals surface area contributed by atoms with Crippen molar-refractivity contribution in [3.8, 4) is 0 Å². The van der Waals surface area contributed by atoms with E-state index in [1.807, 2.05) is 0 Å². The number of carboxylic acids is 1. The van der Waals surface area contributed by atoms with Crippen molar-refractivity contribution in [2.45, 2.75) is 4.90 Å². The number of carbonyl (C=O) groups is 3. The van der Waals surface area contributed by atoms with Crippen LogP contribution in [-0.2, 0) is 4.79 Å². The molecule has 0 unspecified atom stereocenters. The topological polar surface area (TPSA) is 95.5 Å². The number of thioether (sulfide) groups is 1. The molecule has 3 aromatic carbocycles. The van der Waals surface area contributed by atoms with Crippen molar-refractivity contribution in [1.29, 1.82) is 0 Å². The predicted octanol–water partition coefficient (Wildman–Crippen LogP) is 5.67. The normalized spacial score (nSPS) is 10.4. The molecule has 0 aliphatic rings. The standard InChI is InChI=1S/C22H16Cl2N2O4S/c23-13-5-10-19(18(24)11-13)26-20(27)12-31-15-8-6-14(7-9-15)25-21(28)16-3-1-2-4-17(16)22(29)30/h1-11H,12H2,(H,25,28)(H,26,27)(H,29,30). The summed E-state index contributed by atoms with van der Waals surface area (Å²) in [7, 11) is 0. The maximum Gasteiger partial charge on any atom is 0.336 e. The molecule has 0 aromatic heterocycles. The molecule has 31 heavy (non-hydrogen) atoms. The van der Waals surface area contributed by atoms with Crippen LogP contribution in [-0.4, -0.2) is 28.6 Å². The van der Waals surface area contributed by atoms with Crippen LogP contribution in [0.5, 0.6) is 0 Å². The van der Waals surface area contributed by atoms with Crippen molar-refractivity contribution >= 4 is 64.1 Å². The second-order valence-electron chi connectivity index (χ2n) is 6.29. The van der Waals surface area contributed by atoms with E-state index in [2.05, 4.69) is 10.6 Å². The van der Waals surface area contributed by atoms with Gasteiger partial charge in [0.05, 0.1) is 27.6 Å². The van der Waals surface area contributed by atoms with E-state index in [1.54, 1.807) is 54.6 Å². The maximum atomic E-state index is 12.4. The number of hydrogen-bond donors (Lipinski definition) is 3. The number of amides is 2. The molecule has 0 heterocycles. The van der Waals surface area contributed by atoms with E-state index >= 15 is 0 Å². The molecule has 3 rings (SSSR count). The van der Waals surface area contributed by atoms with Gasteiger partial charge in [0.1, 0.15) is 0 Å². The molecule has 9 heteroatoms. The Hall–Kier alpha value is -3.00. The number of nitrogens with one attached hydrogen (secondary N) is 2. The van der Waals surface area contributed by atoms with Crippen molar-refractivity contribution in [3.05, 3.63) is 87.9 Å². The van der Waals surface area contributed by atoms with E-state index in [0.29, 0.717) is 21.4 Å². The van der Waals surface area contributed by atoms with Gasteiger partial charge in [0.25, 0.3) is 5.91 Å². The minimum Gasteiger partial charge on any atom is -0.478 e. The molecule has 3 aromatic rings. The lowest BCUT2D eigenvalue weighted by Crippen LogP contribution is -2.16. The lowest BCUT2D eigenvalue weighted by atomic mass is 10.1. The fourth-order valence-electron chi connectivity index (χ4n) is 2.63. The van der Waals surface area contributed by atoms with E-state index in [0.717, 1.165) is 4.90 Å². The van der Waals surface area contributed by atoms with Crippen molar-refractivity contribution in [1.82, 2.24) is 0 Å². The van der Waals surface area contributed by atoms with Crippen molar-refractivity contribution in [3.63, 3.8) is 0 Å². The van der Waals surface area contributed by atoms with Gasteiger partial charge in [-0.2, -0.15) is 0 Å². The number of carbonyl (C=O) groups excluding carboxylic acids is 2. The molecule has 0 atom stereocenters. The molecular weight excluding hydrogens is 459 g/mol. The van der Waals surface area contributed by atoms with Gasteiger partial charge in [-0.1, -0.05) is 35.3 Å². The lowest BCUT2D eigenvalue weighted by molar-refractivity contribution is -0.113. The smallest absolute Gasteiger partial charge is 0.336 e. The second-order valence-corrected chi connectivity index (χ2v) is 8.18. The number of aromatic carboxylic acids is 1. The minimum atomic E-state index is -1.17. The first-order valence-corrected chi connectivity index (χ1v) is 10.7. The highest BCUT2D eigenvalue weighted by atomic mass is 35.5. The van der Waals surface area contributed by atoms with Gasteiger partial charge >= 0.3 is 5.97 Å². The SMILES string of the molecule is O=C(CSc1ccc(NC(=O)c2ccccc2C(=O)O)cc1)Nc1ccc(Cl)cc1Cl. The third-order valence-electron chi connectivity index (χ3n) is 4.09. The number of hydrogen-bond acceptors (Lipinski definition) is 4. The highest BCUT2D eigenvalue weighted by molar-refractivity contribution is 8.00. The van der Waals surface area contributed by atoms with E-state index in [4.69, 9.17) is 23.2 Å². The van der Waals surface area contributed by atoms with Gasteiger partial charge in [0, 0.05) is 15.6 Å².